The zero-order chi connectivity index (χ0) is 22.3. The third kappa shape index (κ3) is 7.48. The number of carbonyl (C=O) groups is 2. The van der Waals surface area contributed by atoms with Crippen LogP contribution in [0.2, 0.25) is 0 Å². The molecule has 2 amide bonds. The van der Waals surface area contributed by atoms with E-state index in [0.29, 0.717) is 0 Å². The number of amides is 2. The molecule has 162 valence electrons. The van der Waals surface area contributed by atoms with E-state index in [-0.39, 0.29) is 29.9 Å². The maximum Gasteiger partial charge on any atom is 0.242 e. The number of nitrogens with one attached hydrogen (secondary N) is 1. The van der Waals surface area contributed by atoms with Crippen molar-refractivity contribution in [1.82, 2.24) is 10.2 Å². The van der Waals surface area contributed by atoms with Crippen molar-refractivity contribution in [1.29, 1.82) is 0 Å². The Kier molecular flexibility index (Phi) is 8.47. The molecular formula is C24H31FN2O2S. The summed E-state index contributed by atoms with van der Waals surface area (Å²) in [6.45, 7) is 9.75. The predicted molar refractivity (Wildman–Crippen MR) is 122 cm³/mol. The number of carbonyl (C=O) groups excluding carboxylic acids is 2. The molecule has 0 saturated heterocycles. The van der Waals surface area contributed by atoms with Crippen molar-refractivity contribution >= 4 is 23.6 Å². The number of halogens is 1. The highest BCUT2D eigenvalue weighted by molar-refractivity contribution is 7.99. The van der Waals surface area contributed by atoms with Crippen LogP contribution in [0, 0.1) is 12.7 Å². The first-order chi connectivity index (χ1) is 14.1. The maximum atomic E-state index is 13.3. The molecule has 2 aromatic rings. The Labute approximate surface area is 183 Å². The smallest absolute Gasteiger partial charge is 0.242 e. The molecule has 0 bridgehead atoms. The molecule has 6 heteroatoms. The van der Waals surface area contributed by atoms with E-state index in [1.807, 2.05) is 32.9 Å². The molecule has 0 heterocycles. The van der Waals surface area contributed by atoms with Crippen LogP contribution >= 0.6 is 11.8 Å². The van der Waals surface area contributed by atoms with Gasteiger partial charge in [-0.15, -0.1) is 11.8 Å². The van der Waals surface area contributed by atoms with Crippen LogP contribution in [-0.2, 0) is 21.9 Å². The summed E-state index contributed by atoms with van der Waals surface area (Å²) in [4.78, 5) is 27.3. The van der Waals surface area contributed by atoms with Gasteiger partial charge in [-0.1, -0.05) is 36.4 Å². The maximum absolute atomic E-state index is 13.3. The predicted octanol–water partition coefficient (Wildman–Crippen LogP) is 4.70. The summed E-state index contributed by atoms with van der Waals surface area (Å²) in [7, 11) is 0. The second kappa shape index (κ2) is 10.6. The summed E-state index contributed by atoms with van der Waals surface area (Å²) in [6.07, 6.45) is 0. The van der Waals surface area contributed by atoms with E-state index >= 15 is 0 Å². The summed E-state index contributed by atoms with van der Waals surface area (Å²) in [5.41, 5.74) is 2.77. The Hall–Kier alpha value is -2.34. The second-order valence-corrected chi connectivity index (χ2v) is 9.47. The molecule has 0 aliphatic rings. The quantitative estimate of drug-likeness (QED) is 0.660. The van der Waals surface area contributed by atoms with Crippen LogP contribution in [0.5, 0.6) is 0 Å². The molecule has 2 rings (SSSR count). The van der Waals surface area contributed by atoms with Crippen LogP contribution in [0.25, 0.3) is 0 Å². The minimum Gasteiger partial charge on any atom is -0.350 e. The molecule has 0 spiro atoms. The molecule has 1 atom stereocenters. The van der Waals surface area contributed by atoms with Gasteiger partial charge in [0.05, 0.1) is 5.75 Å². The van der Waals surface area contributed by atoms with Gasteiger partial charge >= 0.3 is 0 Å². The van der Waals surface area contributed by atoms with E-state index in [1.165, 1.54) is 35.0 Å². The van der Waals surface area contributed by atoms with Crippen molar-refractivity contribution in [2.45, 2.75) is 58.5 Å². The Bertz CT molecular complexity index is 862. The van der Waals surface area contributed by atoms with E-state index in [9.17, 15) is 14.0 Å². The highest BCUT2D eigenvalue weighted by Gasteiger charge is 2.28. The monoisotopic (exact) mass is 430 g/mol. The number of thioether (sulfide) groups is 1. The molecule has 2 aromatic carbocycles. The van der Waals surface area contributed by atoms with Gasteiger partial charge in [0.2, 0.25) is 11.8 Å². The van der Waals surface area contributed by atoms with Gasteiger partial charge in [0, 0.05) is 17.8 Å². The molecule has 0 fully saturated rings. The third-order valence-electron chi connectivity index (χ3n) is 4.68. The minimum atomic E-state index is -0.638. The second-order valence-electron chi connectivity index (χ2n) is 8.48. The molecule has 0 unspecified atom stereocenters. The number of hydrogen-bond donors (Lipinski definition) is 1. The fourth-order valence-corrected chi connectivity index (χ4v) is 3.93. The van der Waals surface area contributed by atoms with Crippen LogP contribution in [0.1, 0.15) is 44.4 Å². The van der Waals surface area contributed by atoms with Gasteiger partial charge in [-0.05, 0) is 63.4 Å². The molecular weight excluding hydrogens is 399 g/mol. The van der Waals surface area contributed by atoms with Gasteiger partial charge < -0.3 is 10.2 Å². The summed E-state index contributed by atoms with van der Waals surface area (Å²) in [6, 6.07) is 13.5. The lowest BCUT2D eigenvalue weighted by Gasteiger charge is -2.31. The van der Waals surface area contributed by atoms with Crippen LogP contribution in [-0.4, -0.2) is 34.0 Å². The molecule has 0 radical (unpaired) electrons. The van der Waals surface area contributed by atoms with Gasteiger partial charge in [-0.2, -0.15) is 0 Å². The lowest BCUT2D eigenvalue weighted by molar-refractivity contribution is -0.139. The van der Waals surface area contributed by atoms with Gasteiger partial charge in [-0.25, -0.2) is 4.39 Å². The Morgan fingerprint density at radius 2 is 1.73 bits per heavy atom. The first-order valence-electron chi connectivity index (χ1n) is 10.0. The van der Waals surface area contributed by atoms with Crippen LogP contribution in [0.3, 0.4) is 0 Å². The van der Waals surface area contributed by atoms with Gasteiger partial charge in [0.1, 0.15) is 11.9 Å². The topological polar surface area (TPSA) is 49.4 Å². The zero-order valence-corrected chi connectivity index (χ0v) is 19.2. The van der Waals surface area contributed by atoms with Gasteiger partial charge in [0.15, 0.2) is 0 Å². The number of benzene rings is 2. The van der Waals surface area contributed by atoms with Crippen molar-refractivity contribution in [3.8, 4) is 0 Å². The van der Waals surface area contributed by atoms with Crippen molar-refractivity contribution in [2.75, 3.05) is 5.75 Å². The number of hydrogen-bond acceptors (Lipinski definition) is 3. The fourth-order valence-electron chi connectivity index (χ4n) is 2.95. The van der Waals surface area contributed by atoms with E-state index in [4.69, 9.17) is 0 Å². The van der Waals surface area contributed by atoms with E-state index in [0.717, 1.165) is 11.3 Å². The number of rotatable bonds is 8. The Morgan fingerprint density at radius 1 is 1.10 bits per heavy atom. The van der Waals surface area contributed by atoms with Crippen molar-refractivity contribution in [3.63, 3.8) is 0 Å². The molecule has 4 nitrogen and oxygen atoms in total. The minimum absolute atomic E-state index is 0.116. The normalized spacial score (nSPS) is 12.3. The highest BCUT2D eigenvalue weighted by atomic mass is 32.2. The first kappa shape index (κ1) is 23.9. The molecule has 0 aliphatic carbocycles. The summed E-state index contributed by atoms with van der Waals surface area (Å²) in [5, 5.41) is 2.94. The molecule has 0 aromatic heterocycles. The standard InChI is InChI=1S/C24H31FN2O2S/c1-17-8-6-7-9-20(17)15-30-16-22(28)27(14-19-10-12-21(25)13-11-19)18(2)23(29)26-24(3,4)5/h6-13,18H,14-16H2,1-5H3,(H,26,29)/t18-/m0/s1. The third-order valence-corrected chi connectivity index (χ3v) is 5.64. The highest BCUT2D eigenvalue weighted by Crippen LogP contribution is 2.18. The van der Waals surface area contributed by atoms with E-state index in [1.54, 1.807) is 24.0 Å². The van der Waals surface area contributed by atoms with Gasteiger partial charge in [0.25, 0.3) is 0 Å². The largest absolute Gasteiger partial charge is 0.350 e. The lowest BCUT2D eigenvalue weighted by atomic mass is 10.1. The Morgan fingerprint density at radius 3 is 2.33 bits per heavy atom. The first-order valence-corrected chi connectivity index (χ1v) is 11.2. The summed E-state index contributed by atoms with van der Waals surface area (Å²) >= 11 is 1.53. The SMILES string of the molecule is Cc1ccccc1CSCC(=O)N(Cc1ccc(F)cc1)[C@@H](C)C(=O)NC(C)(C)C. The lowest BCUT2D eigenvalue weighted by Crippen LogP contribution is -2.52. The molecule has 30 heavy (non-hydrogen) atoms. The summed E-state index contributed by atoms with van der Waals surface area (Å²) < 4.78 is 13.3. The van der Waals surface area contributed by atoms with E-state index in [2.05, 4.69) is 24.4 Å². The average Bonchev–Trinajstić information content (AvgIpc) is 2.67. The van der Waals surface area contributed by atoms with Crippen molar-refractivity contribution in [3.05, 3.63) is 71.0 Å². The number of nitrogens with zero attached hydrogens (tertiary/aromatic N) is 1. The van der Waals surface area contributed by atoms with Crippen molar-refractivity contribution in [2.24, 2.45) is 0 Å². The molecule has 1 N–H and O–H groups in total. The fraction of sp³-hybridized carbons (Fsp3) is 0.417. The van der Waals surface area contributed by atoms with Gasteiger partial charge in [-0.3, -0.25) is 9.59 Å². The van der Waals surface area contributed by atoms with Crippen molar-refractivity contribution < 1.29 is 14.0 Å². The van der Waals surface area contributed by atoms with E-state index < -0.39 is 11.6 Å². The van der Waals surface area contributed by atoms with Crippen LogP contribution < -0.4 is 5.32 Å². The average molecular weight is 431 g/mol. The van der Waals surface area contributed by atoms with Crippen LogP contribution in [0.15, 0.2) is 48.5 Å². The van der Waals surface area contributed by atoms with Crippen LogP contribution in [0.4, 0.5) is 4.39 Å². The molecule has 0 saturated carbocycles. The zero-order valence-electron chi connectivity index (χ0n) is 18.4. The summed E-state index contributed by atoms with van der Waals surface area (Å²) in [5.74, 6) is 0.342. The number of aryl methyl sites for hydroxylation is 1. The Balaban J connectivity index is 2.10. The molecule has 0 aliphatic heterocycles.